The molecular weight excluding hydrogens is 248 g/mol. The summed E-state index contributed by atoms with van der Waals surface area (Å²) in [7, 11) is 0. The van der Waals surface area contributed by atoms with Gasteiger partial charge in [0.25, 0.3) is 0 Å². The molecule has 1 aromatic carbocycles. The molecule has 0 atom stereocenters. The SMILES string of the molecule is CC#CCCNC(=O)Nc1cccc(C(=O)O)c1O. The van der Waals surface area contributed by atoms with E-state index in [4.69, 9.17) is 5.11 Å². The Morgan fingerprint density at radius 3 is 2.74 bits per heavy atom. The molecule has 0 aliphatic rings. The number of aromatic carboxylic acids is 1. The summed E-state index contributed by atoms with van der Waals surface area (Å²) in [5, 5.41) is 23.4. The molecule has 0 bridgehead atoms. The molecule has 0 radical (unpaired) electrons. The van der Waals surface area contributed by atoms with E-state index in [-0.39, 0.29) is 11.3 Å². The van der Waals surface area contributed by atoms with E-state index in [2.05, 4.69) is 22.5 Å². The van der Waals surface area contributed by atoms with Gasteiger partial charge in [-0.3, -0.25) is 0 Å². The number of para-hydroxylation sites is 1. The first kappa shape index (κ1) is 14.4. The van der Waals surface area contributed by atoms with Crippen LogP contribution in [0.2, 0.25) is 0 Å². The lowest BCUT2D eigenvalue weighted by molar-refractivity contribution is 0.0694. The number of amides is 2. The predicted octanol–water partition coefficient (Wildman–Crippen LogP) is 1.63. The number of rotatable bonds is 4. The number of aromatic hydroxyl groups is 1. The summed E-state index contributed by atoms with van der Waals surface area (Å²) in [6.07, 6.45) is 0.519. The van der Waals surface area contributed by atoms with Gasteiger partial charge in [0, 0.05) is 13.0 Å². The highest BCUT2D eigenvalue weighted by Gasteiger charge is 2.14. The van der Waals surface area contributed by atoms with Crippen LogP contribution >= 0.6 is 0 Å². The minimum atomic E-state index is -1.26. The Kier molecular flexibility index (Phi) is 5.23. The number of carbonyl (C=O) groups is 2. The summed E-state index contributed by atoms with van der Waals surface area (Å²) >= 11 is 0. The highest BCUT2D eigenvalue weighted by Crippen LogP contribution is 2.27. The molecule has 1 aromatic rings. The molecule has 6 heteroatoms. The fourth-order valence-electron chi connectivity index (χ4n) is 1.35. The van der Waals surface area contributed by atoms with Crippen molar-refractivity contribution in [1.29, 1.82) is 0 Å². The fourth-order valence-corrected chi connectivity index (χ4v) is 1.35. The van der Waals surface area contributed by atoms with E-state index in [1.807, 2.05) is 0 Å². The van der Waals surface area contributed by atoms with Crippen LogP contribution in [0.3, 0.4) is 0 Å². The van der Waals surface area contributed by atoms with E-state index in [1.165, 1.54) is 18.2 Å². The van der Waals surface area contributed by atoms with Crippen molar-refractivity contribution in [3.05, 3.63) is 23.8 Å². The number of urea groups is 1. The van der Waals surface area contributed by atoms with E-state index in [1.54, 1.807) is 6.92 Å². The second kappa shape index (κ2) is 6.91. The minimum absolute atomic E-state index is 0.0407. The summed E-state index contributed by atoms with van der Waals surface area (Å²) in [6.45, 7) is 2.07. The van der Waals surface area contributed by atoms with Crippen LogP contribution in [0.5, 0.6) is 5.75 Å². The van der Waals surface area contributed by atoms with Gasteiger partial charge < -0.3 is 20.8 Å². The second-order valence-electron chi connectivity index (χ2n) is 3.56. The normalized spacial score (nSPS) is 9.11. The monoisotopic (exact) mass is 262 g/mol. The van der Waals surface area contributed by atoms with Crippen LogP contribution in [0, 0.1) is 11.8 Å². The van der Waals surface area contributed by atoms with Crippen LogP contribution in [0.4, 0.5) is 10.5 Å². The van der Waals surface area contributed by atoms with Crippen molar-refractivity contribution in [2.45, 2.75) is 13.3 Å². The Morgan fingerprint density at radius 2 is 2.11 bits per heavy atom. The van der Waals surface area contributed by atoms with Gasteiger partial charge >= 0.3 is 12.0 Å². The largest absolute Gasteiger partial charge is 0.505 e. The van der Waals surface area contributed by atoms with Gasteiger partial charge in [-0.15, -0.1) is 11.8 Å². The van der Waals surface area contributed by atoms with Crippen LogP contribution in [-0.4, -0.2) is 28.8 Å². The average molecular weight is 262 g/mol. The molecule has 0 saturated carbocycles. The van der Waals surface area contributed by atoms with Gasteiger partial charge in [0.1, 0.15) is 5.56 Å². The molecule has 0 saturated heterocycles. The van der Waals surface area contributed by atoms with Crippen molar-refractivity contribution >= 4 is 17.7 Å². The first-order valence-corrected chi connectivity index (χ1v) is 5.56. The third-order valence-corrected chi connectivity index (χ3v) is 2.23. The molecule has 0 aromatic heterocycles. The average Bonchev–Trinajstić information content (AvgIpc) is 2.37. The number of phenols is 1. The highest BCUT2D eigenvalue weighted by molar-refractivity contribution is 5.97. The molecule has 100 valence electrons. The molecule has 0 fully saturated rings. The summed E-state index contributed by atoms with van der Waals surface area (Å²) in [6, 6.07) is 3.56. The molecule has 0 unspecified atom stereocenters. The van der Waals surface area contributed by atoms with Gasteiger partial charge in [-0.1, -0.05) is 6.07 Å². The quantitative estimate of drug-likeness (QED) is 0.376. The van der Waals surface area contributed by atoms with Crippen LogP contribution < -0.4 is 10.6 Å². The Bertz CT molecular complexity index is 543. The zero-order chi connectivity index (χ0) is 14.3. The molecular formula is C13H14N2O4. The Labute approximate surface area is 110 Å². The number of benzene rings is 1. The van der Waals surface area contributed by atoms with Gasteiger partial charge in [0.05, 0.1) is 5.69 Å². The van der Waals surface area contributed by atoms with Crippen LogP contribution in [0.15, 0.2) is 18.2 Å². The van der Waals surface area contributed by atoms with E-state index in [9.17, 15) is 14.7 Å². The van der Waals surface area contributed by atoms with Crippen molar-refractivity contribution in [3.8, 4) is 17.6 Å². The van der Waals surface area contributed by atoms with Crippen molar-refractivity contribution < 1.29 is 19.8 Å². The molecule has 4 N–H and O–H groups in total. The maximum absolute atomic E-state index is 11.5. The van der Waals surface area contributed by atoms with E-state index >= 15 is 0 Å². The third kappa shape index (κ3) is 4.24. The molecule has 0 aliphatic heterocycles. The predicted molar refractivity (Wildman–Crippen MR) is 70.2 cm³/mol. The molecule has 0 spiro atoms. The molecule has 1 rings (SSSR count). The molecule has 6 nitrogen and oxygen atoms in total. The maximum Gasteiger partial charge on any atom is 0.339 e. The molecule has 19 heavy (non-hydrogen) atoms. The topological polar surface area (TPSA) is 98.7 Å². The molecule has 0 aliphatic carbocycles. The van der Waals surface area contributed by atoms with E-state index < -0.39 is 17.7 Å². The molecule has 0 heterocycles. The zero-order valence-corrected chi connectivity index (χ0v) is 10.4. The number of carboxylic acids is 1. The van der Waals surface area contributed by atoms with Gasteiger partial charge in [0.15, 0.2) is 5.75 Å². The van der Waals surface area contributed by atoms with Crippen LogP contribution in [0.1, 0.15) is 23.7 Å². The van der Waals surface area contributed by atoms with Gasteiger partial charge in [0.2, 0.25) is 0 Å². The van der Waals surface area contributed by atoms with Crippen LogP contribution in [-0.2, 0) is 0 Å². The first-order chi connectivity index (χ1) is 9.06. The fraction of sp³-hybridized carbons (Fsp3) is 0.231. The summed E-state index contributed by atoms with van der Waals surface area (Å²) < 4.78 is 0. The Balaban J connectivity index is 2.66. The zero-order valence-electron chi connectivity index (χ0n) is 10.4. The molecule has 2 amide bonds. The van der Waals surface area contributed by atoms with Crippen molar-refractivity contribution in [3.63, 3.8) is 0 Å². The van der Waals surface area contributed by atoms with Gasteiger partial charge in [-0.25, -0.2) is 9.59 Å². The number of carboxylic acid groups (broad SMARTS) is 1. The third-order valence-electron chi connectivity index (χ3n) is 2.23. The van der Waals surface area contributed by atoms with Crippen molar-refractivity contribution in [1.82, 2.24) is 5.32 Å². The Hall–Kier alpha value is -2.68. The lowest BCUT2D eigenvalue weighted by Crippen LogP contribution is -2.29. The summed E-state index contributed by atoms with van der Waals surface area (Å²) in [4.78, 5) is 22.3. The number of carbonyl (C=O) groups excluding carboxylic acids is 1. The van der Waals surface area contributed by atoms with Crippen molar-refractivity contribution in [2.24, 2.45) is 0 Å². The Morgan fingerprint density at radius 1 is 1.37 bits per heavy atom. The lowest BCUT2D eigenvalue weighted by atomic mass is 10.2. The maximum atomic E-state index is 11.5. The number of hydrogen-bond donors (Lipinski definition) is 4. The first-order valence-electron chi connectivity index (χ1n) is 5.56. The summed E-state index contributed by atoms with van der Waals surface area (Å²) in [5.41, 5.74) is -0.228. The van der Waals surface area contributed by atoms with Crippen molar-refractivity contribution in [2.75, 3.05) is 11.9 Å². The van der Waals surface area contributed by atoms with Gasteiger partial charge in [-0.2, -0.15) is 0 Å². The van der Waals surface area contributed by atoms with E-state index in [0.717, 1.165) is 0 Å². The number of nitrogens with one attached hydrogen (secondary N) is 2. The van der Waals surface area contributed by atoms with Crippen LogP contribution in [0.25, 0.3) is 0 Å². The standard InChI is InChI=1S/C13H14N2O4/c1-2-3-4-8-14-13(19)15-10-7-5-6-9(11(10)16)12(17)18/h5-7,16H,4,8H2,1H3,(H,17,18)(H2,14,15,19). The number of anilines is 1. The number of hydrogen-bond acceptors (Lipinski definition) is 3. The lowest BCUT2D eigenvalue weighted by Gasteiger charge is -2.09. The smallest absolute Gasteiger partial charge is 0.339 e. The highest BCUT2D eigenvalue weighted by atomic mass is 16.4. The summed E-state index contributed by atoms with van der Waals surface area (Å²) in [5.74, 6) is 3.74. The second-order valence-corrected chi connectivity index (χ2v) is 3.56. The van der Waals surface area contributed by atoms with E-state index in [0.29, 0.717) is 13.0 Å². The minimum Gasteiger partial charge on any atom is -0.505 e. The van der Waals surface area contributed by atoms with Gasteiger partial charge in [-0.05, 0) is 19.1 Å².